The molecule has 520 valence electrons. The molecule has 0 aliphatic rings. The molecule has 0 radical (unpaired) electrons. The molecule has 1 atom stereocenters. The Hall–Kier alpha value is -7.81. The number of nitrogens with zero attached hydrogens (tertiary/aromatic N) is 5. The summed E-state index contributed by atoms with van der Waals surface area (Å²) in [7, 11) is -1.57. The molecule has 4 aromatic heterocycles. The van der Waals surface area contributed by atoms with Crippen molar-refractivity contribution in [2.24, 2.45) is 11.5 Å². The Labute approximate surface area is 590 Å². The summed E-state index contributed by atoms with van der Waals surface area (Å²) in [5, 5.41) is 19.5. The van der Waals surface area contributed by atoms with Crippen molar-refractivity contribution in [3.05, 3.63) is 178 Å². The van der Waals surface area contributed by atoms with Gasteiger partial charge in [0.15, 0.2) is 5.69 Å². The fourth-order valence-corrected chi connectivity index (χ4v) is 8.00. The second-order valence-electron chi connectivity index (χ2n) is 18.5. The zero-order valence-corrected chi connectivity index (χ0v) is 59.3. The van der Waals surface area contributed by atoms with E-state index in [1.807, 2.05) is 13.8 Å². The molecule has 0 spiro atoms. The Bertz CT molecular complexity index is 4010. The van der Waals surface area contributed by atoms with Gasteiger partial charge in [-0.25, -0.2) is 43.9 Å². The number of aromatic amines is 3. The third-order valence-electron chi connectivity index (χ3n) is 11.0. The standard InChI is InChI=1S/C15H14Cl2N2O2.C14H12Cl2N2O3.C8H9BrN2O3.C8H10N2O3.C6H5BCl2O2.C6H8O4.C3H10N2.CH4/c1-4-21-15(20)14-9(3)18-8(2)13(19-14)10-6-5-7-11(16)12(10)17;1-3-21-14(20)12-13(19)17-7(2)11(18-12)8-5-4-6-9(15)10(8)16;1-3-14-8(13)5-7(12)10-4(2)6(9)11-5;1-3-13-8(12)6-7(11)10-5(2)4-9-6;8-5-3-1-2-4(6(5)9)7(10)11;1-3-10-6(9)5(8)4(2)7;1-3(5)2-4;/h5-7H,4H2,1-3H3;4-6H,3H2,1-2H3,(H,17,19);3H2,1-2H3,(H,10,12);4H,3H2,1-2H3,(H,10,11);1-3,10-11H;3H2,1-2H3;3H,2,4-5H2,1H3;1H4. The molecule has 0 aliphatic heterocycles. The van der Waals surface area contributed by atoms with E-state index in [0.29, 0.717) is 87.2 Å². The number of carbonyl (C=O) groups excluding carboxylic acids is 7. The van der Waals surface area contributed by atoms with Crippen LogP contribution >= 0.6 is 85.5 Å². The average molecular weight is 1520 g/mol. The second-order valence-corrected chi connectivity index (χ2v) is 21.6. The largest absolute Gasteiger partial charge is 0.490 e. The highest BCUT2D eigenvalue weighted by Gasteiger charge is 2.23. The van der Waals surface area contributed by atoms with E-state index in [-0.39, 0.29) is 79.8 Å². The highest BCUT2D eigenvalue weighted by Crippen LogP contribution is 2.35. The Morgan fingerprint density at radius 2 is 0.938 bits per heavy atom. The molecule has 0 aliphatic carbocycles. The predicted octanol–water partition coefficient (Wildman–Crippen LogP) is 9.05. The maximum absolute atomic E-state index is 11.9. The number of esters is 5. The number of rotatable bonds is 15. The summed E-state index contributed by atoms with van der Waals surface area (Å²) in [4.78, 5) is 139. The third kappa shape index (κ3) is 28.5. The topological polar surface area (TPSA) is 421 Å². The maximum Gasteiger partial charge on any atom is 0.490 e. The van der Waals surface area contributed by atoms with Crippen LogP contribution in [-0.2, 0) is 38.1 Å². The van der Waals surface area contributed by atoms with E-state index in [1.165, 1.54) is 12.3 Å². The van der Waals surface area contributed by atoms with E-state index in [1.54, 1.807) is 111 Å². The van der Waals surface area contributed by atoms with Gasteiger partial charge in [0, 0.05) is 59.4 Å². The van der Waals surface area contributed by atoms with Crippen LogP contribution in [0.2, 0.25) is 30.1 Å². The number of carbonyl (C=O) groups is 7. The predicted molar refractivity (Wildman–Crippen MR) is 371 cm³/mol. The Morgan fingerprint density at radius 1 is 0.552 bits per heavy atom. The molecule has 0 fully saturated rings. The molecule has 0 saturated heterocycles. The summed E-state index contributed by atoms with van der Waals surface area (Å²) < 4.78 is 23.8. The molecule has 27 nitrogen and oxygen atoms in total. The first-order valence-corrected chi connectivity index (χ1v) is 31.0. The number of Topliss-reactive ketones (excluding diaryl/α,β-unsaturated/α-hetero) is 2. The number of aromatic nitrogens is 8. The number of ether oxygens (including phenoxy) is 5. The van der Waals surface area contributed by atoms with Crippen LogP contribution < -0.4 is 33.6 Å². The SMILES string of the molecule is C.CC(N)CN.CCOC(=O)C(=O)C(C)=O.CCOC(=O)c1nc(-c2cccc(Cl)c2Cl)c(C)[nH]c1=O.CCOC(=O)c1nc(-c2cccc(Cl)c2Cl)c(C)nc1C.CCOC(=O)c1nc(Br)c(C)[nH]c1=O.CCOC(=O)c1ncc(C)[nH]c1=O.OB(O)c1cccc(Cl)c1Cl. The normalized spacial score (nSPS) is 10.2. The minimum atomic E-state index is -1.57. The van der Waals surface area contributed by atoms with Crippen LogP contribution in [0, 0.1) is 34.6 Å². The first kappa shape index (κ1) is 88.2. The fraction of sp³-hybridized carbons (Fsp3) is 0.328. The molecule has 1 unspecified atom stereocenters. The van der Waals surface area contributed by atoms with Gasteiger partial charge in [-0.15, -0.1) is 0 Å². The van der Waals surface area contributed by atoms with Crippen LogP contribution in [0.25, 0.3) is 22.5 Å². The molecule has 3 aromatic carbocycles. The number of ketones is 2. The lowest BCUT2D eigenvalue weighted by Crippen LogP contribution is -2.30. The van der Waals surface area contributed by atoms with Crippen LogP contribution in [0.5, 0.6) is 0 Å². The quantitative estimate of drug-likeness (QED) is 0.0165. The number of nitrogens with one attached hydrogen (secondary N) is 3. The lowest BCUT2D eigenvalue weighted by molar-refractivity contribution is -0.156. The molecule has 0 saturated carbocycles. The van der Waals surface area contributed by atoms with E-state index in [9.17, 15) is 47.9 Å². The van der Waals surface area contributed by atoms with Crippen molar-refractivity contribution in [2.45, 2.75) is 96.6 Å². The molecule has 35 heteroatoms. The van der Waals surface area contributed by atoms with Gasteiger partial charge in [0.1, 0.15) is 4.60 Å². The van der Waals surface area contributed by atoms with E-state index in [2.05, 4.69) is 70.0 Å². The number of aryl methyl sites for hydroxylation is 5. The van der Waals surface area contributed by atoms with Gasteiger partial charge < -0.3 is 60.2 Å². The number of nitrogens with two attached hydrogens (primary N) is 2. The average Bonchev–Trinajstić information content (AvgIpc) is 0.808. The molecule has 9 N–H and O–H groups in total. The van der Waals surface area contributed by atoms with Crippen molar-refractivity contribution >= 4 is 140 Å². The highest BCUT2D eigenvalue weighted by molar-refractivity contribution is 9.10. The van der Waals surface area contributed by atoms with Crippen molar-refractivity contribution < 1.29 is 67.3 Å². The lowest BCUT2D eigenvalue weighted by atomic mass is 9.80. The summed E-state index contributed by atoms with van der Waals surface area (Å²) in [5.74, 6) is -5.64. The van der Waals surface area contributed by atoms with Gasteiger partial charge in [0.2, 0.25) is 22.9 Å². The summed E-state index contributed by atoms with van der Waals surface area (Å²) in [6.45, 7) is 21.3. The zero-order valence-electron chi connectivity index (χ0n) is 53.2. The van der Waals surface area contributed by atoms with E-state index >= 15 is 0 Å². The molecule has 0 bridgehead atoms. The Kier molecular flexibility index (Phi) is 41.2. The Balaban J connectivity index is 0.00000113. The van der Waals surface area contributed by atoms with Gasteiger partial charge in [0.05, 0.1) is 85.9 Å². The molecule has 4 heterocycles. The van der Waals surface area contributed by atoms with Crippen molar-refractivity contribution in [1.82, 2.24) is 39.9 Å². The third-order valence-corrected chi connectivity index (χ3v) is 14.2. The monoisotopic (exact) mass is 1520 g/mol. The van der Waals surface area contributed by atoms with Gasteiger partial charge in [-0.05, 0) is 110 Å². The number of halogens is 7. The van der Waals surface area contributed by atoms with Crippen molar-refractivity contribution in [1.29, 1.82) is 0 Å². The van der Waals surface area contributed by atoms with Crippen LogP contribution in [0.1, 0.15) is 126 Å². The molecule has 0 amide bonds. The molecular weight excluding hydrogens is 1450 g/mol. The van der Waals surface area contributed by atoms with Crippen molar-refractivity contribution in [3.8, 4) is 22.5 Å². The van der Waals surface area contributed by atoms with E-state index in [4.69, 9.17) is 101 Å². The molecule has 7 aromatic rings. The summed E-state index contributed by atoms with van der Waals surface area (Å²) in [5.41, 5.74) is 13.2. The van der Waals surface area contributed by atoms with Crippen LogP contribution in [0.3, 0.4) is 0 Å². The summed E-state index contributed by atoms with van der Waals surface area (Å²) in [6.07, 6.45) is 1.41. The minimum Gasteiger partial charge on any atom is -0.461 e. The number of H-pyrrole nitrogens is 3. The van der Waals surface area contributed by atoms with Gasteiger partial charge in [-0.1, -0.05) is 113 Å². The first-order chi connectivity index (χ1) is 44.6. The first-order valence-electron chi connectivity index (χ1n) is 27.9. The summed E-state index contributed by atoms with van der Waals surface area (Å²) >= 11 is 38.7. The minimum absolute atomic E-state index is 0. The highest BCUT2D eigenvalue weighted by atomic mass is 79.9. The zero-order chi connectivity index (χ0) is 72.6. The van der Waals surface area contributed by atoms with Crippen LogP contribution in [0.15, 0.2) is 79.8 Å². The number of hydrogen-bond donors (Lipinski definition) is 7. The van der Waals surface area contributed by atoms with Crippen molar-refractivity contribution in [2.75, 3.05) is 39.6 Å². The number of hydrogen-bond acceptors (Lipinski definition) is 24. The smallest absolute Gasteiger partial charge is 0.461 e. The van der Waals surface area contributed by atoms with E-state index in [0.717, 1.165) is 6.92 Å². The Morgan fingerprint density at radius 3 is 1.35 bits per heavy atom. The molecule has 7 rings (SSSR count). The van der Waals surface area contributed by atoms with Crippen molar-refractivity contribution in [3.63, 3.8) is 0 Å². The van der Waals surface area contributed by atoms with Crippen LogP contribution in [-0.4, -0.2) is 144 Å². The van der Waals surface area contributed by atoms with E-state index < -0.39 is 65.2 Å². The number of benzene rings is 3. The fourth-order valence-electron chi connectivity index (χ4n) is 6.53. The lowest BCUT2D eigenvalue weighted by Gasteiger charge is -2.11. The molecule has 96 heavy (non-hydrogen) atoms. The molecular formula is C61H72BBrCl6N10O17. The van der Waals surface area contributed by atoms with Gasteiger partial charge in [0.25, 0.3) is 16.7 Å². The van der Waals surface area contributed by atoms with Gasteiger partial charge >= 0.3 is 42.7 Å². The van der Waals surface area contributed by atoms with Gasteiger partial charge in [-0.3, -0.25) is 29.0 Å². The van der Waals surface area contributed by atoms with Gasteiger partial charge in [-0.2, -0.15) is 0 Å². The second kappa shape index (κ2) is 44.8. The maximum atomic E-state index is 11.9. The summed E-state index contributed by atoms with van der Waals surface area (Å²) in [6, 6.07) is 15.1. The van der Waals surface area contributed by atoms with Crippen LogP contribution in [0.4, 0.5) is 0 Å².